The maximum absolute atomic E-state index is 11.9. The molecule has 5 heteroatoms. The van der Waals surface area contributed by atoms with Crippen LogP contribution in [0.5, 0.6) is 0 Å². The summed E-state index contributed by atoms with van der Waals surface area (Å²) in [6.45, 7) is 2.60. The molecule has 18 heavy (non-hydrogen) atoms. The van der Waals surface area contributed by atoms with Crippen LogP contribution in [0.3, 0.4) is 0 Å². The molecule has 0 spiro atoms. The molecule has 0 aromatic carbocycles. The summed E-state index contributed by atoms with van der Waals surface area (Å²) in [4.78, 5) is 16.0. The summed E-state index contributed by atoms with van der Waals surface area (Å²) in [5.74, 6) is 0.649. The lowest BCUT2D eigenvalue weighted by Gasteiger charge is -2.05. The van der Waals surface area contributed by atoms with Crippen LogP contribution in [0.4, 0.5) is 5.82 Å². The van der Waals surface area contributed by atoms with E-state index in [1.807, 2.05) is 6.92 Å². The highest BCUT2D eigenvalue weighted by molar-refractivity contribution is 7.08. The molecular weight excluding hydrogens is 246 g/mol. The van der Waals surface area contributed by atoms with E-state index in [1.54, 1.807) is 36.7 Å². The van der Waals surface area contributed by atoms with Crippen molar-refractivity contribution in [1.82, 2.24) is 10.3 Å². The van der Waals surface area contributed by atoms with E-state index in [0.29, 0.717) is 12.1 Å². The number of carbonyl (C=O) groups is 1. The molecule has 0 atom stereocenters. The van der Waals surface area contributed by atoms with Crippen molar-refractivity contribution in [3.05, 3.63) is 45.8 Å². The van der Waals surface area contributed by atoms with Crippen molar-refractivity contribution >= 4 is 23.1 Å². The Morgan fingerprint density at radius 1 is 1.39 bits per heavy atom. The number of nitrogens with zero attached hydrogens (tertiary/aromatic N) is 1. The summed E-state index contributed by atoms with van der Waals surface area (Å²) in [5, 5.41) is 9.93. The molecule has 94 valence electrons. The second-order valence-corrected chi connectivity index (χ2v) is 4.69. The van der Waals surface area contributed by atoms with E-state index in [1.165, 1.54) is 5.56 Å². The third kappa shape index (κ3) is 2.87. The average Bonchev–Trinajstić information content (AvgIpc) is 2.81. The zero-order valence-corrected chi connectivity index (χ0v) is 11.2. The molecule has 2 heterocycles. The first-order valence-corrected chi connectivity index (χ1v) is 6.58. The fourth-order valence-corrected chi connectivity index (χ4v) is 2.38. The minimum Gasteiger partial charge on any atom is -0.373 e. The van der Waals surface area contributed by atoms with Gasteiger partial charge in [0.15, 0.2) is 0 Å². The van der Waals surface area contributed by atoms with E-state index in [0.717, 1.165) is 11.4 Å². The highest BCUT2D eigenvalue weighted by Crippen LogP contribution is 2.13. The van der Waals surface area contributed by atoms with Gasteiger partial charge in [0.05, 0.1) is 5.56 Å². The maximum Gasteiger partial charge on any atom is 0.253 e. The summed E-state index contributed by atoms with van der Waals surface area (Å²) >= 11 is 1.65. The summed E-state index contributed by atoms with van der Waals surface area (Å²) in [6, 6.07) is 3.54. The largest absolute Gasteiger partial charge is 0.373 e. The van der Waals surface area contributed by atoms with Crippen LogP contribution in [0.15, 0.2) is 29.1 Å². The molecule has 2 aromatic rings. The van der Waals surface area contributed by atoms with E-state index in [4.69, 9.17) is 0 Å². The summed E-state index contributed by atoms with van der Waals surface area (Å²) in [6.07, 6.45) is 1.57. The minimum atomic E-state index is -0.101. The lowest BCUT2D eigenvalue weighted by Crippen LogP contribution is -2.23. The topological polar surface area (TPSA) is 54.0 Å². The van der Waals surface area contributed by atoms with Gasteiger partial charge < -0.3 is 10.6 Å². The predicted octanol–water partition coefficient (Wildman–Crippen LogP) is 2.42. The van der Waals surface area contributed by atoms with Gasteiger partial charge in [-0.3, -0.25) is 4.79 Å². The van der Waals surface area contributed by atoms with Crippen LogP contribution in [0.2, 0.25) is 0 Å². The quantitative estimate of drug-likeness (QED) is 0.888. The molecular formula is C13H15N3OS. The number of amides is 1. The van der Waals surface area contributed by atoms with Gasteiger partial charge in [-0.25, -0.2) is 4.98 Å². The number of nitrogens with one attached hydrogen (secondary N) is 2. The lowest BCUT2D eigenvalue weighted by atomic mass is 10.2. The normalized spacial score (nSPS) is 10.1. The highest BCUT2D eigenvalue weighted by atomic mass is 32.1. The molecule has 0 aliphatic carbocycles. The second kappa shape index (κ2) is 5.64. The molecule has 2 rings (SSSR count). The van der Waals surface area contributed by atoms with Gasteiger partial charge in [-0.15, -0.1) is 0 Å². The Hall–Kier alpha value is -1.88. The molecule has 2 N–H and O–H groups in total. The van der Waals surface area contributed by atoms with Crippen molar-refractivity contribution in [2.75, 3.05) is 12.4 Å². The third-order valence-electron chi connectivity index (χ3n) is 2.68. The van der Waals surface area contributed by atoms with Gasteiger partial charge in [0.25, 0.3) is 5.91 Å². The van der Waals surface area contributed by atoms with E-state index >= 15 is 0 Å². The summed E-state index contributed by atoms with van der Waals surface area (Å²) in [5.41, 5.74) is 2.94. The van der Waals surface area contributed by atoms with Crippen LogP contribution in [-0.2, 0) is 6.54 Å². The van der Waals surface area contributed by atoms with E-state index in [-0.39, 0.29) is 5.91 Å². The SMILES string of the molecule is CNc1ccc(C(=O)NCc2cscc2C)cn1. The fraction of sp³-hybridized carbons (Fsp3) is 0.231. The van der Waals surface area contributed by atoms with E-state index in [9.17, 15) is 4.79 Å². The Labute approximate surface area is 110 Å². The first kappa shape index (κ1) is 12.6. The Balaban J connectivity index is 1.97. The molecule has 0 aliphatic heterocycles. The number of hydrogen-bond donors (Lipinski definition) is 2. The van der Waals surface area contributed by atoms with E-state index < -0.39 is 0 Å². The van der Waals surface area contributed by atoms with Crippen LogP contribution in [0, 0.1) is 6.92 Å². The van der Waals surface area contributed by atoms with Gasteiger partial charge in [0.1, 0.15) is 5.82 Å². The van der Waals surface area contributed by atoms with Crippen LogP contribution in [0.25, 0.3) is 0 Å². The number of aromatic nitrogens is 1. The van der Waals surface area contributed by atoms with Crippen LogP contribution < -0.4 is 10.6 Å². The molecule has 0 fully saturated rings. The lowest BCUT2D eigenvalue weighted by molar-refractivity contribution is 0.0950. The Morgan fingerprint density at radius 2 is 2.22 bits per heavy atom. The first-order chi connectivity index (χ1) is 8.70. The highest BCUT2D eigenvalue weighted by Gasteiger charge is 2.07. The van der Waals surface area contributed by atoms with Crippen molar-refractivity contribution in [2.45, 2.75) is 13.5 Å². The van der Waals surface area contributed by atoms with Gasteiger partial charge in [-0.2, -0.15) is 11.3 Å². The fourth-order valence-electron chi connectivity index (χ4n) is 1.52. The molecule has 4 nitrogen and oxygen atoms in total. The Bertz CT molecular complexity index is 533. The zero-order chi connectivity index (χ0) is 13.0. The molecule has 0 bridgehead atoms. The first-order valence-electron chi connectivity index (χ1n) is 5.64. The summed E-state index contributed by atoms with van der Waals surface area (Å²) < 4.78 is 0. The number of thiophene rings is 1. The molecule has 0 radical (unpaired) electrons. The minimum absolute atomic E-state index is 0.101. The molecule has 0 saturated carbocycles. The summed E-state index contributed by atoms with van der Waals surface area (Å²) in [7, 11) is 1.79. The van der Waals surface area contributed by atoms with Crippen molar-refractivity contribution in [3.63, 3.8) is 0 Å². The van der Waals surface area contributed by atoms with Gasteiger partial charge in [-0.1, -0.05) is 0 Å². The molecule has 0 saturated heterocycles. The number of rotatable bonds is 4. The van der Waals surface area contributed by atoms with Gasteiger partial charge in [-0.05, 0) is 40.9 Å². The van der Waals surface area contributed by atoms with Crippen LogP contribution >= 0.6 is 11.3 Å². The van der Waals surface area contributed by atoms with Crippen molar-refractivity contribution in [3.8, 4) is 0 Å². The Kier molecular flexibility index (Phi) is 3.94. The average molecular weight is 261 g/mol. The van der Waals surface area contributed by atoms with Crippen LogP contribution in [0.1, 0.15) is 21.5 Å². The van der Waals surface area contributed by atoms with Crippen molar-refractivity contribution < 1.29 is 4.79 Å². The Morgan fingerprint density at radius 3 is 2.78 bits per heavy atom. The monoisotopic (exact) mass is 261 g/mol. The molecule has 0 unspecified atom stereocenters. The number of carbonyl (C=O) groups excluding carboxylic acids is 1. The van der Waals surface area contributed by atoms with Gasteiger partial charge in [0.2, 0.25) is 0 Å². The molecule has 2 aromatic heterocycles. The standard InChI is InChI=1S/C13H15N3OS/c1-9-7-18-8-11(9)6-16-13(17)10-3-4-12(14-2)15-5-10/h3-5,7-8H,6H2,1-2H3,(H,14,15)(H,16,17). The maximum atomic E-state index is 11.9. The molecule has 0 aliphatic rings. The van der Waals surface area contributed by atoms with Crippen molar-refractivity contribution in [1.29, 1.82) is 0 Å². The molecule has 1 amide bonds. The van der Waals surface area contributed by atoms with Crippen LogP contribution in [-0.4, -0.2) is 17.9 Å². The van der Waals surface area contributed by atoms with Crippen molar-refractivity contribution in [2.24, 2.45) is 0 Å². The second-order valence-electron chi connectivity index (χ2n) is 3.94. The number of anilines is 1. The zero-order valence-electron chi connectivity index (χ0n) is 10.4. The van der Waals surface area contributed by atoms with E-state index in [2.05, 4.69) is 26.4 Å². The third-order valence-corrected chi connectivity index (χ3v) is 3.59. The number of hydrogen-bond acceptors (Lipinski definition) is 4. The number of pyridine rings is 1. The van der Waals surface area contributed by atoms with Gasteiger partial charge >= 0.3 is 0 Å². The number of aryl methyl sites for hydroxylation is 1. The van der Waals surface area contributed by atoms with Gasteiger partial charge in [0, 0.05) is 19.8 Å². The predicted molar refractivity (Wildman–Crippen MR) is 74.0 cm³/mol. The smallest absolute Gasteiger partial charge is 0.253 e.